The van der Waals surface area contributed by atoms with Crippen molar-refractivity contribution < 1.29 is 0 Å². The normalized spacial score (nSPS) is 15.4. The van der Waals surface area contributed by atoms with Crippen molar-refractivity contribution >= 4 is 11.8 Å². The van der Waals surface area contributed by atoms with Gasteiger partial charge in [-0.05, 0) is 42.6 Å². The Labute approximate surface area is 173 Å². The molecule has 144 valence electrons. The highest BCUT2D eigenvalue weighted by Crippen LogP contribution is 2.48. The van der Waals surface area contributed by atoms with Gasteiger partial charge in [0, 0.05) is 12.3 Å². The average Bonchev–Trinajstić information content (AvgIpc) is 2.79. The summed E-state index contributed by atoms with van der Waals surface area (Å²) in [5.74, 6) is 1.12. The molecule has 0 N–H and O–H groups in total. The highest BCUT2D eigenvalue weighted by molar-refractivity contribution is 8.00. The van der Waals surface area contributed by atoms with E-state index in [1.165, 1.54) is 55.6 Å². The maximum absolute atomic E-state index is 2.64. The van der Waals surface area contributed by atoms with E-state index < -0.39 is 0 Å². The average molecular weight is 388 g/mol. The molecule has 0 bridgehead atoms. The Morgan fingerprint density at radius 1 is 0.607 bits per heavy atom. The van der Waals surface area contributed by atoms with Gasteiger partial charge in [-0.15, -0.1) is 11.8 Å². The summed E-state index contributed by atoms with van der Waals surface area (Å²) in [7, 11) is 0. The molecule has 0 saturated carbocycles. The monoisotopic (exact) mass is 387 g/mol. The van der Waals surface area contributed by atoms with E-state index in [2.05, 4.69) is 108 Å². The Morgan fingerprint density at radius 3 is 1.46 bits per heavy atom. The van der Waals surface area contributed by atoms with Crippen molar-refractivity contribution in [2.45, 2.75) is 24.0 Å². The molecule has 0 atom stereocenters. The smallest absolute Gasteiger partial charge is 0.0907 e. The standard InChI is InChI=1S/C26H29NS/c1-5-13-23(14-6-1)26(24-15-7-2-8-16-24,25-17-9-3-10-18-25)28-22-21-27-19-11-4-12-20-27/h1-3,5-10,13-18H,4,11-12,19-22H2. The maximum atomic E-state index is 2.64. The van der Waals surface area contributed by atoms with Crippen LogP contribution in [-0.2, 0) is 4.75 Å². The molecular weight excluding hydrogens is 358 g/mol. The topological polar surface area (TPSA) is 3.24 Å². The minimum Gasteiger partial charge on any atom is -0.303 e. The second-order valence-electron chi connectivity index (χ2n) is 7.53. The molecule has 3 aromatic carbocycles. The van der Waals surface area contributed by atoms with Crippen LogP contribution < -0.4 is 0 Å². The zero-order valence-electron chi connectivity index (χ0n) is 16.5. The maximum Gasteiger partial charge on any atom is 0.0907 e. The van der Waals surface area contributed by atoms with Crippen LogP contribution in [0.4, 0.5) is 0 Å². The van der Waals surface area contributed by atoms with E-state index >= 15 is 0 Å². The van der Waals surface area contributed by atoms with Crippen molar-refractivity contribution in [1.82, 2.24) is 4.90 Å². The van der Waals surface area contributed by atoms with Crippen LogP contribution in [-0.4, -0.2) is 30.3 Å². The molecule has 0 spiro atoms. The molecule has 1 heterocycles. The minimum absolute atomic E-state index is 0.181. The summed E-state index contributed by atoms with van der Waals surface area (Å²) >= 11 is 2.08. The van der Waals surface area contributed by atoms with Crippen LogP contribution >= 0.6 is 11.8 Å². The van der Waals surface area contributed by atoms with Gasteiger partial charge in [0.1, 0.15) is 0 Å². The number of thioether (sulfide) groups is 1. The van der Waals surface area contributed by atoms with Crippen LogP contribution in [0.15, 0.2) is 91.0 Å². The number of benzene rings is 3. The molecule has 0 unspecified atom stereocenters. The Morgan fingerprint density at radius 2 is 1.04 bits per heavy atom. The van der Waals surface area contributed by atoms with E-state index in [4.69, 9.17) is 0 Å². The predicted octanol–water partition coefficient (Wildman–Crippen LogP) is 6.20. The summed E-state index contributed by atoms with van der Waals surface area (Å²) in [6.07, 6.45) is 4.10. The third-order valence-corrected chi connectivity index (χ3v) is 7.24. The van der Waals surface area contributed by atoms with E-state index in [9.17, 15) is 0 Å². The van der Waals surface area contributed by atoms with Crippen LogP contribution in [0.5, 0.6) is 0 Å². The van der Waals surface area contributed by atoms with Gasteiger partial charge in [-0.2, -0.15) is 0 Å². The molecule has 0 amide bonds. The fraction of sp³-hybridized carbons (Fsp3) is 0.308. The molecule has 1 aliphatic rings. The van der Waals surface area contributed by atoms with Crippen LogP contribution in [0, 0.1) is 0 Å². The molecule has 28 heavy (non-hydrogen) atoms. The number of nitrogens with zero attached hydrogens (tertiary/aromatic N) is 1. The van der Waals surface area contributed by atoms with Gasteiger partial charge in [0.25, 0.3) is 0 Å². The lowest BCUT2D eigenvalue weighted by Gasteiger charge is -2.36. The van der Waals surface area contributed by atoms with Crippen molar-refractivity contribution in [2.75, 3.05) is 25.4 Å². The number of hydrogen-bond acceptors (Lipinski definition) is 2. The van der Waals surface area contributed by atoms with Crippen LogP contribution in [0.25, 0.3) is 0 Å². The van der Waals surface area contributed by atoms with Gasteiger partial charge in [-0.1, -0.05) is 97.4 Å². The SMILES string of the molecule is c1ccc(C(SCCN2CCCCC2)(c2ccccc2)c2ccccc2)cc1. The third-order valence-electron chi connectivity index (χ3n) is 5.72. The lowest BCUT2D eigenvalue weighted by molar-refractivity contribution is 0.242. The lowest BCUT2D eigenvalue weighted by Crippen LogP contribution is -2.33. The molecule has 3 aromatic rings. The Balaban J connectivity index is 1.72. The molecule has 0 aromatic heterocycles. The van der Waals surface area contributed by atoms with Crippen LogP contribution in [0.2, 0.25) is 0 Å². The van der Waals surface area contributed by atoms with Crippen LogP contribution in [0.1, 0.15) is 36.0 Å². The predicted molar refractivity (Wildman–Crippen MR) is 122 cm³/mol. The van der Waals surface area contributed by atoms with Crippen molar-refractivity contribution in [1.29, 1.82) is 0 Å². The fourth-order valence-corrected chi connectivity index (χ4v) is 5.84. The minimum atomic E-state index is -0.181. The van der Waals surface area contributed by atoms with E-state index in [-0.39, 0.29) is 4.75 Å². The molecule has 1 aliphatic heterocycles. The number of rotatable bonds is 7. The van der Waals surface area contributed by atoms with E-state index in [1.54, 1.807) is 0 Å². The Hall–Kier alpha value is -2.03. The van der Waals surface area contributed by atoms with Gasteiger partial charge in [0.05, 0.1) is 4.75 Å². The second-order valence-corrected chi connectivity index (χ2v) is 8.84. The highest BCUT2D eigenvalue weighted by Gasteiger charge is 2.36. The van der Waals surface area contributed by atoms with Gasteiger partial charge >= 0.3 is 0 Å². The molecule has 0 radical (unpaired) electrons. The van der Waals surface area contributed by atoms with Gasteiger partial charge in [-0.3, -0.25) is 0 Å². The fourth-order valence-electron chi connectivity index (χ4n) is 4.28. The van der Waals surface area contributed by atoms with Gasteiger partial charge in [-0.25, -0.2) is 0 Å². The van der Waals surface area contributed by atoms with Gasteiger partial charge < -0.3 is 4.90 Å². The highest BCUT2D eigenvalue weighted by atomic mass is 32.2. The molecule has 1 nitrogen and oxygen atoms in total. The first-order valence-electron chi connectivity index (χ1n) is 10.4. The van der Waals surface area contributed by atoms with E-state index in [0.717, 1.165) is 5.75 Å². The quantitative estimate of drug-likeness (QED) is 0.444. The summed E-state index contributed by atoms with van der Waals surface area (Å²) in [5, 5.41) is 0. The number of hydrogen-bond donors (Lipinski definition) is 0. The largest absolute Gasteiger partial charge is 0.303 e. The molecular formula is C26H29NS. The number of likely N-dealkylation sites (tertiary alicyclic amines) is 1. The summed E-state index contributed by atoms with van der Waals surface area (Å²) in [6.45, 7) is 3.68. The van der Waals surface area contributed by atoms with Crippen molar-refractivity contribution in [3.8, 4) is 0 Å². The van der Waals surface area contributed by atoms with Gasteiger partial charge in [0.15, 0.2) is 0 Å². The summed E-state index contributed by atoms with van der Waals surface area (Å²) in [6, 6.07) is 33.1. The van der Waals surface area contributed by atoms with E-state index in [1.807, 2.05) is 0 Å². The first-order valence-corrected chi connectivity index (χ1v) is 11.4. The third kappa shape index (κ3) is 4.19. The van der Waals surface area contributed by atoms with Crippen molar-refractivity contribution in [3.63, 3.8) is 0 Å². The van der Waals surface area contributed by atoms with Crippen molar-refractivity contribution in [2.24, 2.45) is 0 Å². The Bertz CT molecular complexity index is 729. The van der Waals surface area contributed by atoms with Crippen LogP contribution in [0.3, 0.4) is 0 Å². The second kappa shape index (κ2) is 9.45. The van der Waals surface area contributed by atoms with Crippen molar-refractivity contribution in [3.05, 3.63) is 108 Å². The molecule has 0 aliphatic carbocycles. The first-order chi connectivity index (χ1) is 13.9. The lowest BCUT2D eigenvalue weighted by atomic mass is 9.84. The summed E-state index contributed by atoms with van der Waals surface area (Å²) in [5.41, 5.74) is 4.07. The summed E-state index contributed by atoms with van der Waals surface area (Å²) in [4.78, 5) is 2.64. The zero-order valence-corrected chi connectivity index (χ0v) is 17.3. The van der Waals surface area contributed by atoms with E-state index in [0.29, 0.717) is 0 Å². The molecule has 1 fully saturated rings. The van der Waals surface area contributed by atoms with Gasteiger partial charge in [0.2, 0.25) is 0 Å². The summed E-state index contributed by atoms with van der Waals surface area (Å²) < 4.78 is -0.181. The number of piperidine rings is 1. The molecule has 4 rings (SSSR count). The zero-order chi connectivity index (χ0) is 19.1. The Kier molecular flexibility index (Phi) is 6.51. The molecule has 1 saturated heterocycles. The molecule has 2 heteroatoms. The first kappa shape index (κ1) is 19.3.